The van der Waals surface area contributed by atoms with Gasteiger partial charge in [0.15, 0.2) is 0 Å². The minimum atomic E-state index is -3.45. The highest BCUT2D eigenvalue weighted by Crippen LogP contribution is 2.33. The fourth-order valence-corrected chi connectivity index (χ4v) is 5.64. The van der Waals surface area contributed by atoms with Crippen LogP contribution >= 0.6 is 0 Å². The van der Waals surface area contributed by atoms with Gasteiger partial charge in [0.05, 0.1) is 0 Å². The highest BCUT2D eigenvalue weighted by atomic mass is 32.2. The molecule has 1 aromatic heterocycles. The normalized spacial score (nSPS) is 17.6. The zero-order chi connectivity index (χ0) is 17.3. The number of piperidine rings is 1. The van der Waals surface area contributed by atoms with Crippen LogP contribution in [0.3, 0.4) is 0 Å². The molecule has 132 valence electrons. The zero-order valence-corrected chi connectivity index (χ0v) is 15.6. The second kappa shape index (κ2) is 6.86. The van der Waals surface area contributed by atoms with Crippen molar-refractivity contribution in [3.63, 3.8) is 0 Å². The van der Waals surface area contributed by atoms with Crippen molar-refractivity contribution in [1.82, 2.24) is 14.2 Å². The lowest BCUT2D eigenvalue weighted by Gasteiger charge is -2.31. The summed E-state index contributed by atoms with van der Waals surface area (Å²) in [4.78, 5) is 0.481. The molecule has 2 heterocycles. The molecule has 0 unspecified atom stereocenters. The molecule has 0 radical (unpaired) electrons. The summed E-state index contributed by atoms with van der Waals surface area (Å²) < 4.78 is 30.2. The molecular formula is C18H27N3O2S. The van der Waals surface area contributed by atoms with E-state index in [1.165, 1.54) is 0 Å². The van der Waals surface area contributed by atoms with Crippen molar-refractivity contribution >= 4 is 20.9 Å². The monoisotopic (exact) mass is 349 g/mol. The van der Waals surface area contributed by atoms with E-state index in [2.05, 4.69) is 5.32 Å². The lowest BCUT2D eigenvalue weighted by molar-refractivity contribution is 0.263. The molecule has 0 aliphatic carbocycles. The van der Waals surface area contributed by atoms with Gasteiger partial charge < -0.3 is 9.88 Å². The molecule has 1 fully saturated rings. The number of rotatable bonds is 5. The molecule has 0 bridgehead atoms. The molecule has 1 saturated heterocycles. The first-order valence-corrected chi connectivity index (χ1v) is 10.1. The molecule has 1 aromatic carbocycles. The lowest BCUT2D eigenvalue weighted by Crippen LogP contribution is -2.39. The van der Waals surface area contributed by atoms with E-state index in [9.17, 15) is 8.42 Å². The average Bonchev–Trinajstić information content (AvgIpc) is 2.85. The Bertz CT molecular complexity index is 818. The summed E-state index contributed by atoms with van der Waals surface area (Å²) in [5, 5.41) is 4.01. The maximum absolute atomic E-state index is 13.3. The topological polar surface area (TPSA) is 54.3 Å². The number of fused-ring (bicyclic) bond motifs is 1. The van der Waals surface area contributed by atoms with Crippen LogP contribution in [-0.4, -0.2) is 44.0 Å². The van der Waals surface area contributed by atoms with Gasteiger partial charge >= 0.3 is 0 Å². The van der Waals surface area contributed by atoms with Gasteiger partial charge in [0.1, 0.15) is 4.90 Å². The van der Waals surface area contributed by atoms with Crippen LogP contribution in [-0.2, 0) is 17.1 Å². The fourth-order valence-electron chi connectivity index (χ4n) is 3.73. The van der Waals surface area contributed by atoms with E-state index >= 15 is 0 Å². The summed E-state index contributed by atoms with van der Waals surface area (Å²) >= 11 is 0. The molecule has 24 heavy (non-hydrogen) atoms. The van der Waals surface area contributed by atoms with E-state index in [0.717, 1.165) is 42.4 Å². The van der Waals surface area contributed by atoms with Gasteiger partial charge in [0, 0.05) is 36.7 Å². The molecule has 0 amide bonds. The van der Waals surface area contributed by atoms with Crippen molar-refractivity contribution in [3.05, 3.63) is 30.0 Å². The average molecular weight is 350 g/mol. The summed E-state index contributed by atoms with van der Waals surface area (Å²) in [7, 11) is 0.447. The Morgan fingerprint density at radius 2 is 1.88 bits per heavy atom. The maximum atomic E-state index is 13.3. The highest BCUT2D eigenvalue weighted by Gasteiger charge is 2.33. The standard InChI is InChI=1S/C18H27N3O2S/c1-14-18(16-6-4-5-7-17(16)20(14)3)24(22,23)21-12-9-15(10-13-21)8-11-19-2/h4-7,15,19H,8-13H2,1-3H3. The molecule has 0 atom stereocenters. The van der Waals surface area contributed by atoms with E-state index in [-0.39, 0.29) is 0 Å². The number of aromatic nitrogens is 1. The number of sulfonamides is 1. The molecule has 1 aliphatic heterocycles. The van der Waals surface area contributed by atoms with Crippen LogP contribution < -0.4 is 5.32 Å². The maximum Gasteiger partial charge on any atom is 0.245 e. The Labute approximate surface area is 144 Å². The molecule has 5 nitrogen and oxygen atoms in total. The SMILES string of the molecule is CNCCC1CCN(S(=O)(=O)c2c(C)n(C)c3ccccc23)CC1. The van der Waals surface area contributed by atoms with Gasteiger partial charge in [-0.05, 0) is 51.8 Å². The lowest BCUT2D eigenvalue weighted by atomic mass is 9.95. The minimum absolute atomic E-state index is 0.481. The summed E-state index contributed by atoms with van der Waals surface area (Å²) in [5.74, 6) is 0.623. The van der Waals surface area contributed by atoms with Crippen LogP contribution in [0.5, 0.6) is 0 Å². The molecule has 1 aliphatic rings. The second-order valence-electron chi connectivity index (χ2n) is 6.73. The predicted octanol–water partition coefficient (Wildman–Crippen LogP) is 2.50. The van der Waals surface area contributed by atoms with Gasteiger partial charge in [-0.1, -0.05) is 18.2 Å². The van der Waals surface area contributed by atoms with Crippen molar-refractivity contribution in [2.45, 2.75) is 31.1 Å². The minimum Gasteiger partial charge on any atom is -0.347 e. The van der Waals surface area contributed by atoms with Crippen LogP contribution in [0.25, 0.3) is 10.9 Å². The Morgan fingerprint density at radius 1 is 1.21 bits per heavy atom. The molecule has 0 spiro atoms. The van der Waals surface area contributed by atoms with Gasteiger partial charge in [0.25, 0.3) is 0 Å². The second-order valence-corrected chi connectivity index (χ2v) is 8.61. The van der Waals surface area contributed by atoms with Crippen LogP contribution in [0.2, 0.25) is 0 Å². The third-order valence-corrected chi connectivity index (χ3v) is 7.39. The third kappa shape index (κ3) is 2.98. The number of nitrogens with one attached hydrogen (secondary N) is 1. The molecule has 0 saturated carbocycles. The van der Waals surface area contributed by atoms with Gasteiger partial charge in [-0.15, -0.1) is 0 Å². The van der Waals surface area contributed by atoms with Crippen molar-refractivity contribution in [2.75, 3.05) is 26.7 Å². The summed E-state index contributed by atoms with van der Waals surface area (Å²) in [6.07, 6.45) is 3.02. The first-order chi connectivity index (χ1) is 11.5. The van der Waals surface area contributed by atoms with Gasteiger partial charge in [-0.3, -0.25) is 0 Å². The summed E-state index contributed by atoms with van der Waals surface area (Å²) in [6, 6.07) is 7.75. The summed E-state index contributed by atoms with van der Waals surface area (Å²) in [5.41, 5.74) is 1.78. The fraction of sp³-hybridized carbons (Fsp3) is 0.556. The Kier molecular flexibility index (Phi) is 4.99. The number of benzene rings is 1. The number of hydrogen-bond donors (Lipinski definition) is 1. The largest absolute Gasteiger partial charge is 0.347 e. The molecule has 6 heteroatoms. The number of para-hydroxylation sites is 1. The summed E-state index contributed by atoms with van der Waals surface area (Å²) in [6.45, 7) is 4.14. The van der Waals surface area contributed by atoms with Crippen molar-refractivity contribution in [1.29, 1.82) is 0 Å². The molecule has 1 N–H and O–H groups in total. The van der Waals surface area contributed by atoms with E-state index in [1.54, 1.807) is 4.31 Å². The molecular weight excluding hydrogens is 322 g/mol. The van der Waals surface area contributed by atoms with Gasteiger partial charge in [-0.2, -0.15) is 4.31 Å². The van der Waals surface area contributed by atoms with Crippen LogP contribution in [0.15, 0.2) is 29.2 Å². The van der Waals surface area contributed by atoms with E-state index < -0.39 is 10.0 Å². The smallest absolute Gasteiger partial charge is 0.245 e. The Hall–Kier alpha value is -1.37. The van der Waals surface area contributed by atoms with Crippen molar-refractivity contribution in [2.24, 2.45) is 13.0 Å². The number of aryl methyl sites for hydroxylation is 1. The molecule has 2 aromatic rings. The number of nitrogens with zero attached hydrogens (tertiary/aromatic N) is 2. The van der Waals surface area contributed by atoms with Gasteiger partial charge in [-0.25, -0.2) is 8.42 Å². The van der Waals surface area contributed by atoms with Crippen LogP contribution in [0, 0.1) is 12.8 Å². The van der Waals surface area contributed by atoms with Crippen molar-refractivity contribution < 1.29 is 8.42 Å². The molecule has 3 rings (SSSR count). The first-order valence-electron chi connectivity index (χ1n) is 8.65. The van der Waals surface area contributed by atoms with Crippen molar-refractivity contribution in [3.8, 4) is 0 Å². The Morgan fingerprint density at radius 3 is 2.54 bits per heavy atom. The van der Waals surface area contributed by atoms with E-state index in [0.29, 0.717) is 23.9 Å². The third-order valence-electron chi connectivity index (χ3n) is 5.32. The Balaban J connectivity index is 1.89. The first kappa shape index (κ1) is 17.5. The van der Waals surface area contributed by atoms with E-state index in [4.69, 9.17) is 0 Å². The van der Waals surface area contributed by atoms with Gasteiger partial charge in [0.2, 0.25) is 10.0 Å². The number of hydrogen-bond acceptors (Lipinski definition) is 3. The predicted molar refractivity (Wildman–Crippen MR) is 97.7 cm³/mol. The van der Waals surface area contributed by atoms with Crippen LogP contribution in [0.1, 0.15) is 25.0 Å². The quantitative estimate of drug-likeness (QED) is 0.902. The highest BCUT2D eigenvalue weighted by molar-refractivity contribution is 7.89. The van der Waals surface area contributed by atoms with E-state index in [1.807, 2.05) is 49.9 Å². The van der Waals surface area contributed by atoms with Crippen LogP contribution in [0.4, 0.5) is 0 Å². The zero-order valence-electron chi connectivity index (χ0n) is 14.7.